The highest BCUT2D eigenvalue weighted by Gasteiger charge is 2.53. The maximum absolute atomic E-state index is 4.09. The third-order valence-electron chi connectivity index (χ3n) is 7.26. The quantitative estimate of drug-likeness (QED) is 0.795. The van der Waals surface area contributed by atoms with E-state index >= 15 is 0 Å². The molecule has 1 N–H and O–H groups in total. The second kappa shape index (κ2) is 5.06. The Labute approximate surface area is 118 Å². The molecule has 0 aromatic heterocycles. The lowest BCUT2D eigenvalue weighted by Crippen LogP contribution is -2.46. The van der Waals surface area contributed by atoms with Crippen LogP contribution < -0.4 is 5.32 Å². The highest BCUT2D eigenvalue weighted by atomic mass is 15.0. The summed E-state index contributed by atoms with van der Waals surface area (Å²) in [6.45, 7) is 2.48. The van der Waals surface area contributed by atoms with Crippen molar-refractivity contribution in [3.63, 3.8) is 0 Å². The van der Waals surface area contributed by atoms with Crippen molar-refractivity contribution >= 4 is 0 Å². The molecule has 4 saturated carbocycles. The van der Waals surface area contributed by atoms with Crippen LogP contribution in [0.15, 0.2) is 0 Å². The van der Waals surface area contributed by atoms with Gasteiger partial charge in [0.1, 0.15) is 0 Å². The Morgan fingerprint density at radius 2 is 1.58 bits per heavy atom. The third kappa shape index (κ3) is 2.17. The van der Waals surface area contributed by atoms with E-state index in [1.54, 1.807) is 19.3 Å². The molecule has 6 atom stereocenters. The van der Waals surface area contributed by atoms with Crippen LogP contribution in [0.5, 0.6) is 0 Å². The summed E-state index contributed by atoms with van der Waals surface area (Å²) in [6, 6.07) is 1.67. The molecule has 108 valence electrons. The van der Waals surface area contributed by atoms with E-state index in [1.807, 2.05) is 0 Å². The molecule has 4 rings (SSSR count). The molecule has 1 nitrogen and oxygen atoms in total. The second-order valence-electron chi connectivity index (χ2n) is 8.11. The fraction of sp³-hybridized carbons (Fsp3) is 1.00. The smallest absolute Gasteiger partial charge is 0.0103 e. The molecule has 4 fully saturated rings. The van der Waals surface area contributed by atoms with Gasteiger partial charge in [-0.1, -0.05) is 25.7 Å². The maximum atomic E-state index is 4.09. The largest absolute Gasteiger partial charge is 0.311 e. The van der Waals surface area contributed by atoms with Crippen molar-refractivity contribution in [2.24, 2.45) is 29.6 Å². The molecule has 4 aliphatic rings. The summed E-state index contributed by atoms with van der Waals surface area (Å²) in [5.41, 5.74) is 0. The summed E-state index contributed by atoms with van der Waals surface area (Å²) >= 11 is 0. The number of nitrogens with one attached hydrogen (secondary N) is 1. The SMILES string of the molecule is C[C@H](NC1CC2CC1C1CCCC21)C1CCCCC1. The first-order chi connectivity index (χ1) is 9.33. The molecule has 19 heavy (non-hydrogen) atoms. The Morgan fingerprint density at radius 3 is 2.42 bits per heavy atom. The van der Waals surface area contributed by atoms with E-state index in [1.165, 1.54) is 44.9 Å². The highest BCUT2D eigenvalue weighted by molar-refractivity contribution is 5.06. The van der Waals surface area contributed by atoms with Crippen LogP contribution in [0.1, 0.15) is 71.1 Å². The van der Waals surface area contributed by atoms with Crippen molar-refractivity contribution in [2.75, 3.05) is 0 Å². The van der Waals surface area contributed by atoms with Gasteiger partial charge in [0.05, 0.1) is 0 Å². The van der Waals surface area contributed by atoms with Crippen molar-refractivity contribution in [1.82, 2.24) is 5.32 Å². The highest BCUT2D eigenvalue weighted by Crippen LogP contribution is 2.58. The van der Waals surface area contributed by atoms with Crippen molar-refractivity contribution in [1.29, 1.82) is 0 Å². The molecule has 5 unspecified atom stereocenters. The molecule has 0 spiro atoms. The van der Waals surface area contributed by atoms with Crippen LogP contribution >= 0.6 is 0 Å². The zero-order valence-electron chi connectivity index (χ0n) is 12.6. The second-order valence-corrected chi connectivity index (χ2v) is 8.11. The van der Waals surface area contributed by atoms with Gasteiger partial charge in [-0.3, -0.25) is 0 Å². The molecule has 0 aromatic rings. The van der Waals surface area contributed by atoms with Crippen LogP contribution in [0.4, 0.5) is 0 Å². The molecule has 0 amide bonds. The van der Waals surface area contributed by atoms with E-state index in [0.29, 0.717) is 0 Å². The minimum Gasteiger partial charge on any atom is -0.311 e. The van der Waals surface area contributed by atoms with Crippen molar-refractivity contribution in [3.05, 3.63) is 0 Å². The minimum absolute atomic E-state index is 0.782. The van der Waals surface area contributed by atoms with Crippen LogP contribution in [0, 0.1) is 29.6 Å². The maximum Gasteiger partial charge on any atom is 0.0103 e. The topological polar surface area (TPSA) is 12.0 Å². The molecule has 2 bridgehead atoms. The van der Waals surface area contributed by atoms with E-state index in [2.05, 4.69) is 12.2 Å². The molecule has 1 heteroatoms. The van der Waals surface area contributed by atoms with Gasteiger partial charge in [0.25, 0.3) is 0 Å². The van der Waals surface area contributed by atoms with Gasteiger partial charge in [0.2, 0.25) is 0 Å². The van der Waals surface area contributed by atoms with Gasteiger partial charge in [0.15, 0.2) is 0 Å². The van der Waals surface area contributed by atoms with E-state index < -0.39 is 0 Å². The lowest BCUT2D eigenvalue weighted by atomic mass is 9.78. The summed E-state index contributed by atoms with van der Waals surface area (Å²) in [6.07, 6.45) is 15.2. The van der Waals surface area contributed by atoms with E-state index in [-0.39, 0.29) is 0 Å². The molecular weight excluding hydrogens is 230 g/mol. The van der Waals surface area contributed by atoms with Gasteiger partial charge >= 0.3 is 0 Å². The van der Waals surface area contributed by atoms with E-state index in [9.17, 15) is 0 Å². The minimum atomic E-state index is 0.782. The molecule has 0 saturated heterocycles. The van der Waals surface area contributed by atoms with Crippen LogP contribution in [0.3, 0.4) is 0 Å². The lowest BCUT2D eigenvalue weighted by Gasteiger charge is -2.37. The number of hydrogen-bond donors (Lipinski definition) is 1. The first-order valence-corrected chi connectivity index (χ1v) is 9.09. The average molecular weight is 261 g/mol. The Morgan fingerprint density at radius 1 is 0.789 bits per heavy atom. The average Bonchev–Trinajstić information content (AvgIpc) is 3.11. The van der Waals surface area contributed by atoms with Crippen molar-refractivity contribution < 1.29 is 0 Å². The number of hydrogen-bond acceptors (Lipinski definition) is 1. The van der Waals surface area contributed by atoms with Crippen LogP contribution in [-0.2, 0) is 0 Å². The summed E-state index contributed by atoms with van der Waals surface area (Å²) in [5, 5.41) is 4.09. The van der Waals surface area contributed by atoms with Crippen LogP contribution in [-0.4, -0.2) is 12.1 Å². The first-order valence-electron chi connectivity index (χ1n) is 9.09. The van der Waals surface area contributed by atoms with Gasteiger partial charge in [-0.25, -0.2) is 0 Å². The zero-order valence-corrected chi connectivity index (χ0v) is 12.6. The van der Waals surface area contributed by atoms with Gasteiger partial charge in [-0.15, -0.1) is 0 Å². The van der Waals surface area contributed by atoms with Crippen molar-refractivity contribution in [3.8, 4) is 0 Å². The predicted molar refractivity (Wildman–Crippen MR) is 80.0 cm³/mol. The van der Waals surface area contributed by atoms with Gasteiger partial charge < -0.3 is 5.32 Å². The first kappa shape index (κ1) is 12.7. The molecule has 0 heterocycles. The van der Waals surface area contributed by atoms with Gasteiger partial charge in [-0.2, -0.15) is 0 Å². The Balaban J connectivity index is 1.36. The summed E-state index contributed by atoms with van der Waals surface area (Å²) in [4.78, 5) is 0. The molecule has 0 radical (unpaired) electrons. The zero-order chi connectivity index (χ0) is 12.8. The van der Waals surface area contributed by atoms with Gasteiger partial charge in [0, 0.05) is 12.1 Å². The fourth-order valence-corrected chi connectivity index (χ4v) is 6.37. The summed E-state index contributed by atoms with van der Waals surface area (Å²) in [7, 11) is 0. The molecule has 0 aliphatic heterocycles. The third-order valence-corrected chi connectivity index (χ3v) is 7.26. The molecule has 0 aromatic carbocycles. The normalized spacial score (nSPS) is 47.5. The monoisotopic (exact) mass is 261 g/mol. The Kier molecular flexibility index (Phi) is 3.38. The number of rotatable bonds is 3. The predicted octanol–water partition coefficient (Wildman–Crippen LogP) is 4.37. The Hall–Kier alpha value is -0.0400. The van der Waals surface area contributed by atoms with Crippen LogP contribution in [0.25, 0.3) is 0 Å². The summed E-state index contributed by atoms with van der Waals surface area (Å²) < 4.78 is 0. The molecular formula is C18H31N. The standard InChI is InChI=1S/C18H31N/c1-12(13-6-3-2-4-7-13)19-18-11-14-10-17(18)16-9-5-8-15(14)16/h12-19H,2-11H2,1H3/t12-,14?,15?,16?,17?,18?/m0/s1. The fourth-order valence-electron chi connectivity index (χ4n) is 6.37. The molecule has 4 aliphatic carbocycles. The van der Waals surface area contributed by atoms with Gasteiger partial charge in [-0.05, 0) is 75.0 Å². The van der Waals surface area contributed by atoms with Crippen molar-refractivity contribution in [2.45, 2.75) is 83.2 Å². The summed E-state index contributed by atoms with van der Waals surface area (Å²) in [5.74, 6) is 5.41. The van der Waals surface area contributed by atoms with Crippen LogP contribution in [0.2, 0.25) is 0 Å². The van der Waals surface area contributed by atoms with E-state index in [4.69, 9.17) is 0 Å². The van der Waals surface area contributed by atoms with E-state index in [0.717, 1.165) is 41.7 Å². The Bertz CT molecular complexity index is 320. The number of fused-ring (bicyclic) bond motifs is 5. The lowest BCUT2D eigenvalue weighted by molar-refractivity contribution is 0.176.